The molecule has 1 saturated carbocycles. The van der Waals surface area contributed by atoms with E-state index in [-0.39, 0.29) is 0 Å². The molecule has 1 aliphatic carbocycles. The number of rotatable bonds is 5. The van der Waals surface area contributed by atoms with Gasteiger partial charge in [0, 0.05) is 24.5 Å². The van der Waals surface area contributed by atoms with Crippen LogP contribution < -0.4 is 10.6 Å². The Balaban J connectivity index is 2.16. The van der Waals surface area contributed by atoms with Crippen molar-refractivity contribution < 1.29 is 0 Å². The van der Waals surface area contributed by atoms with Crippen molar-refractivity contribution in [1.82, 2.24) is 4.98 Å². The number of pyridine rings is 1. The molecule has 2 aromatic rings. The maximum atomic E-state index is 5.77. The fourth-order valence-corrected chi connectivity index (χ4v) is 2.49. The lowest BCUT2D eigenvalue weighted by atomic mass is 10.1. The summed E-state index contributed by atoms with van der Waals surface area (Å²) in [6.07, 6.45) is 4.44. The van der Waals surface area contributed by atoms with E-state index in [2.05, 4.69) is 41.8 Å². The number of anilines is 1. The molecule has 0 radical (unpaired) electrons. The van der Waals surface area contributed by atoms with Crippen molar-refractivity contribution in [2.24, 2.45) is 5.73 Å². The van der Waals surface area contributed by atoms with E-state index in [1.54, 1.807) is 0 Å². The van der Waals surface area contributed by atoms with Gasteiger partial charge in [0.2, 0.25) is 0 Å². The highest BCUT2D eigenvalue weighted by Crippen LogP contribution is 2.34. The summed E-state index contributed by atoms with van der Waals surface area (Å²) in [5.74, 6) is 1.06. The van der Waals surface area contributed by atoms with Crippen LogP contribution >= 0.6 is 0 Å². The van der Waals surface area contributed by atoms with Crippen molar-refractivity contribution in [3.05, 3.63) is 48.7 Å². The van der Waals surface area contributed by atoms with E-state index in [4.69, 9.17) is 10.7 Å². The molecule has 3 rings (SSSR count). The second-order valence-electron chi connectivity index (χ2n) is 5.03. The van der Waals surface area contributed by atoms with Gasteiger partial charge >= 0.3 is 0 Å². The molecule has 0 amide bonds. The quantitative estimate of drug-likeness (QED) is 0.833. The highest BCUT2D eigenvalue weighted by atomic mass is 15.2. The highest BCUT2D eigenvalue weighted by Gasteiger charge is 2.30. The molecule has 3 nitrogen and oxygen atoms in total. The summed E-state index contributed by atoms with van der Waals surface area (Å²) < 4.78 is 0. The van der Waals surface area contributed by atoms with Crippen LogP contribution in [-0.2, 0) is 6.54 Å². The zero-order valence-electron chi connectivity index (χ0n) is 11.0. The lowest BCUT2D eigenvalue weighted by Gasteiger charge is -2.24. The molecule has 1 aromatic heterocycles. The monoisotopic (exact) mass is 253 g/mol. The average Bonchev–Trinajstić information content (AvgIpc) is 3.28. The van der Waals surface area contributed by atoms with Gasteiger partial charge in [0.1, 0.15) is 5.82 Å². The smallest absolute Gasteiger partial charge is 0.137 e. The first kappa shape index (κ1) is 12.2. The first-order valence-electron chi connectivity index (χ1n) is 6.79. The summed E-state index contributed by atoms with van der Waals surface area (Å²) in [6, 6.07) is 11.1. The first-order valence-corrected chi connectivity index (χ1v) is 6.79. The topological polar surface area (TPSA) is 42.2 Å². The Hall–Kier alpha value is -1.87. The van der Waals surface area contributed by atoms with E-state index in [0.29, 0.717) is 12.6 Å². The Bertz CT molecular complexity index is 602. The molecule has 1 aliphatic rings. The van der Waals surface area contributed by atoms with Crippen LogP contribution in [0.2, 0.25) is 0 Å². The van der Waals surface area contributed by atoms with E-state index < -0.39 is 0 Å². The molecule has 0 saturated heterocycles. The molecular formula is C16H19N3. The number of hydrogen-bond donors (Lipinski definition) is 1. The Kier molecular flexibility index (Phi) is 3.22. The van der Waals surface area contributed by atoms with E-state index >= 15 is 0 Å². The number of fused-ring (bicyclic) bond motifs is 1. The zero-order valence-corrected chi connectivity index (χ0v) is 11.0. The molecule has 2 N–H and O–H groups in total. The van der Waals surface area contributed by atoms with Crippen LogP contribution in [-0.4, -0.2) is 17.6 Å². The van der Waals surface area contributed by atoms with Crippen LogP contribution in [0.1, 0.15) is 18.5 Å². The van der Waals surface area contributed by atoms with E-state index in [0.717, 1.165) is 18.1 Å². The summed E-state index contributed by atoms with van der Waals surface area (Å²) >= 11 is 0. The van der Waals surface area contributed by atoms with Gasteiger partial charge in [-0.05, 0) is 24.3 Å². The summed E-state index contributed by atoms with van der Waals surface area (Å²) in [4.78, 5) is 7.11. The molecule has 0 atom stereocenters. The molecule has 0 unspecified atom stereocenters. The number of hydrogen-bond acceptors (Lipinski definition) is 3. The van der Waals surface area contributed by atoms with Crippen molar-refractivity contribution in [1.29, 1.82) is 0 Å². The fraction of sp³-hybridized carbons (Fsp3) is 0.312. The molecule has 0 bridgehead atoms. The fourth-order valence-electron chi connectivity index (χ4n) is 2.49. The molecule has 0 spiro atoms. The molecular weight excluding hydrogens is 234 g/mol. The van der Waals surface area contributed by atoms with Gasteiger partial charge in [0.05, 0.1) is 5.69 Å². The molecule has 1 aromatic carbocycles. The normalized spacial score (nSPS) is 14.6. The van der Waals surface area contributed by atoms with Gasteiger partial charge in [-0.1, -0.05) is 30.3 Å². The van der Waals surface area contributed by atoms with Crippen LogP contribution in [0.5, 0.6) is 0 Å². The van der Waals surface area contributed by atoms with Gasteiger partial charge < -0.3 is 10.6 Å². The van der Waals surface area contributed by atoms with Crippen LogP contribution in [0, 0.1) is 0 Å². The van der Waals surface area contributed by atoms with Crippen LogP contribution in [0.15, 0.2) is 43.0 Å². The van der Waals surface area contributed by atoms with Crippen LogP contribution in [0.3, 0.4) is 0 Å². The zero-order chi connectivity index (χ0) is 13.2. The Morgan fingerprint density at radius 3 is 2.84 bits per heavy atom. The maximum Gasteiger partial charge on any atom is 0.137 e. The average molecular weight is 253 g/mol. The Labute approximate surface area is 113 Å². The second-order valence-corrected chi connectivity index (χ2v) is 5.03. The number of benzene rings is 1. The number of aromatic nitrogens is 1. The van der Waals surface area contributed by atoms with Crippen molar-refractivity contribution in [2.75, 3.05) is 11.4 Å². The Morgan fingerprint density at radius 1 is 1.37 bits per heavy atom. The molecule has 1 heterocycles. The highest BCUT2D eigenvalue weighted by molar-refractivity contribution is 5.92. The molecule has 3 heteroatoms. The molecule has 19 heavy (non-hydrogen) atoms. The first-order chi connectivity index (χ1) is 9.33. The lowest BCUT2D eigenvalue weighted by Crippen LogP contribution is -2.27. The predicted octanol–water partition coefficient (Wildman–Crippen LogP) is 2.85. The number of nitrogens with two attached hydrogens (primary N) is 1. The van der Waals surface area contributed by atoms with Crippen LogP contribution in [0.25, 0.3) is 10.8 Å². The van der Waals surface area contributed by atoms with E-state index in [1.807, 2.05) is 6.08 Å². The maximum absolute atomic E-state index is 5.77. The van der Waals surface area contributed by atoms with Gasteiger partial charge in [0.15, 0.2) is 0 Å². The summed E-state index contributed by atoms with van der Waals surface area (Å²) in [7, 11) is 0. The minimum atomic E-state index is 0.477. The van der Waals surface area contributed by atoms with Crippen LogP contribution in [0.4, 0.5) is 5.82 Å². The standard InChI is InChI=1S/C16H19N3/c1-2-9-19(14-7-8-14)16-15-6-4-3-5-12(15)10-13(11-17)18-16/h2-6,10,14H,1,7-9,11,17H2. The van der Waals surface area contributed by atoms with Gasteiger partial charge in [-0.2, -0.15) is 0 Å². The number of nitrogens with zero attached hydrogens (tertiary/aromatic N) is 2. The molecule has 98 valence electrons. The van der Waals surface area contributed by atoms with Gasteiger partial charge in [-0.3, -0.25) is 0 Å². The third kappa shape index (κ3) is 2.34. The minimum absolute atomic E-state index is 0.477. The second kappa shape index (κ2) is 5.02. The molecule has 0 aliphatic heterocycles. The Morgan fingerprint density at radius 2 is 2.16 bits per heavy atom. The van der Waals surface area contributed by atoms with Gasteiger partial charge in [0.25, 0.3) is 0 Å². The summed E-state index contributed by atoms with van der Waals surface area (Å²) in [5, 5.41) is 2.41. The van der Waals surface area contributed by atoms with Gasteiger partial charge in [-0.15, -0.1) is 6.58 Å². The summed E-state index contributed by atoms with van der Waals surface area (Å²) in [5.41, 5.74) is 6.72. The SMILES string of the molecule is C=CCN(c1nc(CN)cc2ccccc12)C1CC1. The van der Waals surface area contributed by atoms with Crippen molar-refractivity contribution in [3.8, 4) is 0 Å². The van der Waals surface area contributed by atoms with Crippen molar-refractivity contribution >= 4 is 16.6 Å². The lowest BCUT2D eigenvalue weighted by molar-refractivity contribution is 0.836. The van der Waals surface area contributed by atoms with E-state index in [9.17, 15) is 0 Å². The van der Waals surface area contributed by atoms with Crippen molar-refractivity contribution in [3.63, 3.8) is 0 Å². The van der Waals surface area contributed by atoms with E-state index in [1.165, 1.54) is 23.6 Å². The summed E-state index contributed by atoms with van der Waals surface area (Å²) in [6.45, 7) is 5.18. The molecule has 1 fully saturated rings. The largest absolute Gasteiger partial charge is 0.349 e. The minimum Gasteiger partial charge on any atom is -0.349 e. The third-order valence-corrected chi connectivity index (χ3v) is 3.57. The third-order valence-electron chi connectivity index (χ3n) is 3.57. The predicted molar refractivity (Wildman–Crippen MR) is 80.2 cm³/mol. The van der Waals surface area contributed by atoms with Gasteiger partial charge in [-0.25, -0.2) is 4.98 Å². The van der Waals surface area contributed by atoms with Crippen molar-refractivity contribution in [2.45, 2.75) is 25.4 Å².